The number of thioether (sulfide) groups is 1. The number of rotatable bonds is 7. The number of esters is 1. The molecular formula is C21H24N2O5S. The van der Waals surface area contributed by atoms with Gasteiger partial charge < -0.3 is 24.4 Å². The summed E-state index contributed by atoms with van der Waals surface area (Å²) in [6.45, 7) is 2.76. The third kappa shape index (κ3) is 5.65. The van der Waals surface area contributed by atoms with E-state index in [-0.39, 0.29) is 12.2 Å². The summed E-state index contributed by atoms with van der Waals surface area (Å²) in [5.74, 6) is -0.592. The van der Waals surface area contributed by atoms with Crippen LogP contribution in [0.15, 0.2) is 47.4 Å². The Hall–Kier alpha value is -2.71. The van der Waals surface area contributed by atoms with Gasteiger partial charge in [0.05, 0.1) is 20.3 Å². The number of carbonyl (C=O) groups is 2. The Morgan fingerprint density at radius 3 is 2.52 bits per heavy atom. The minimum atomic E-state index is -0.604. The molecule has 0 unspecified atom stereocenters. The van der Waals surface area contributed by atoms with Crippen LogP contribution in [0.3, 0.4) is 0 Å². The maximum atomic E-state index is 12.3. The minimum absolute atomic E-state index is 0.285. The van der Waals surface area contributed by atoms with Gasteiger partial charge in [-0.25, -0.2) is 4.79 Å². The fraction of sp³-hybridized carbons (Fsp3) is 0.333. The van der Waals surface area contributed by atoms with Gasteiger partial charge in [-0.1, -0.05) is 0 Å². The van der Waals surface area contributed by atoms with Crippen molar-refractivity contribution in [2.45, 2.75) is 4.90 Å². The Labute approximate surface area is 174 Å². The summed E-state index contributed by atoms with van der Waals surface area (Å²) in [6.07, 6.45) is 1.94. The lowest BCUT2D eigenvalue weighted by Gasteiger charge is -2.28. The predicted molar refractivity (Wildman–Crippen MR) is 113 cm³/mol. The average Bonchev–Trinajstić information content (AvgIpc) is 2.78. The molecule has 0 spiro atoms. The number of nitrogens with one attached hydrogen (secondary N) is 1. The van der Waals surface area contributed by atoms with Crippen molar-refractivity contribution >= 4 is 35.0 Å². The number of methoxy groups -OCH3 is 1. The molecule has 0 saturated carbocycles. The van der Waals surface area contributed by atoms with Crippen molar-refractivity contribution in [1.29, 1.82) is 0 Å². The predicted octanol–water partition coefficient (Wildman–Crippen LogP) is 3.05. The summed E-state index contributed by atoms with van der Waals surface area (Å²) in [5.41, 5.74) is 2.01. The zero-order valence-electron chi connectivity index (χ0n) is 16.5. The van der Waals surface area contributed by atoms with Gasteiger partial charge in [-0.2, -0.15) is 0 Å². The number of nitrogens with zero attached hydrogens (tertiary/aromatic N) is 1. The highest BCUT2D eigenvalue weighted by Gasteiger charge is 2.16. The summed E-state index contributed by atoms with van der Waals surface area (Å²) in [5, 5.41) is 2.73. The molecule has 1 saturated heterocycles. The lowest BCUT2D eigenvalue weighted by atomic mass is 10.2. The summed E-state index contributed by atoms with van der Waals surface area (Å²) < 4.78 is 15.7. The molecule has 8 heteroatoms. The van der Waals surface area contributed by atoms with Crippen LogP contribution in [0.25, 0.3) is 0 Å². The number of hydrogen-bond donors (Lipinski definition) is 1. The Kier molecular flexibility index (Phi) is 7.37. The zero-order chi connectivity index (χ0) is 20.6. The molecule has 1 amide bonds. The first-order chi connectivity index (χ1) is 14.1. The molecule has 29 heavy (non-hydrogen) atoms. The van der Waals surface area contributed by atoms with Crippen molar-refractivity contribution in [2.24, 2.45) is 0 Å². The molecule has 3 rings (SSSR count). The van der Waals surface area contributed by atoms with Crippen molar-refractivity contribution < 1.29 is 23.8 Å². The van der Waals surface area contributed by atoms with Gasteiger partial charge in [0, 0.05) is 29.4 Å². The van der Waals surface area contributed by atoms with Crippen molar-refractivity contribution in [1.82, 2.24) is 0 Å². The molecule has 7 nitrogen and oxygen atoms in total. The average molecular weight is 416 g/mol. The molecule has 1 heterocycles. The molecule has 0 aromatic heterocycles. The molecule has 2 aromatic carbocycles. The van der Waals surface area contributed by atoms with Crippen LogP contribution in [0.5, 0.6) is 5.75 Å². The van der Waals surface area contributed by atoms with Crippen LogP contribution < -0.4 is 15.0 Å². The van der Waals surface area contributed by atoms with E-state index in [1.54, 1.807) is 30.0 Å². The van der Waals surface area contributed by atoms with Crippen LogP contribution in [0.1, 0.15) is 10.4 Å². The van der Waals surface area contributed by atoms with E-state index in [4.69, 9.17) is 14.2 Å². The van der Waals surface area contributed by atoms with E-state index >= 15 is 0 Å². The first kappa shape index (κ1) is 21.0. The van der Waals surface area contributed by atoms with Gasteiger partial charge in [0.15, 0.2) is 6.61 Å². The second kappa shape index (κ2) is 10.2. The largest absolute Gasteiger partial charge is 0.496 e. The quantitative estimate of drug-likeness (QED) is 0.549. The van der Waals surface area contributed by atoms with E-state index in [0.717, 1.165) is 23.7 Å². The highest BCUT2D eigenvalue weighted by molar-refractivity contribution is 7.98. The fourth-order valence-corrected chi connectivity index (χ4v) is 3.38. The molecule has 154 valence electrons. The molecule has 1 N–H and O–H groups in total. The molecule has 0 aliphatic carbocycles. The highest BCUT2D eigenvalue weighted by atomic mass is 32.2. The van der Waals surface area contributed by atoms with Gasteiger partial charge in [0.25, 0.3) is 5.91 Å². The van der Waals surface area contributed by atoms with Crippen molar-refractivity contribution in [3.05, 3.63) is 48.0 Å². The van der Waals surface area contributed by atoms with Crippen molar-refractivity contribution in [3.8, 4) is 5.75 Å². The van der Waals surface area contributed by atoms with E-state index < -0.39 is 11.9 Å². The summed E-state index contributed by atoms with van der Waals surface area (Å²) in [7, 11) is 1.49. The van der Waals surface area contributed by atoms with Crippen LogP contribution in [-0.2, 0) is 14.3 Å². The molecule has 1 fully saturated rings. The molecule has 2 aromatic rings. The van der Waals surface area contributed by atoms with Gasteiger partial charge in [0.1, 0.15) is 11.3 Å². The fourth-order valence-electron chi connectivity index (χ4n) is 2.95. The van der Waals surface area contributed by atoms with Gasteiger partial charge >= 0.3 is 5.97 Å². The summed E-state index contributed by atoms with van der Waals surface area (Å²) in [4.78, 5) is 27.6. The lowest BCUT2D eigenvalue weighted by molar-refractivity contribution is -0.119. The maximum Gasteiger partial charge on any atom is 0.342 e. The number of hydrogen-bond acceptors (Lipinski definition) is 7. The minimum Gasteiger partial charge on any atom is -0.496 e. The summed E-state index contributed by atoms with van der Waals surface area (Å²) >= 11 is 1.54. The standard InChI is InChI=1S/C21H24N2O5S/c1-26-19-13-17(29-2)7-8-18(19)21(25)28-14-20(24)22-15-3-5-16(6-4-15)23-9-11-27-12-10-23/h3-8,13H,9-12,14H2,1-2H3,(H,22,24). The zero-order valence-corrected chi connectivity index (χ0v) is 17.3. The van der Waals surface area contributed by atoms with E-state index in [1.165, 1.54) is 7.11 Å². The molecular weight excluding hydrogens is 392 g/mol. The highest BCUT2D eigenvalue weighted by Crippen LogP contribution is 2.26. The molecule has 0 radical (unpaired) electrons. The number of amides is 1. The number of benzene rings is 2. The second-order valence-corrected chi connectivity index (χ2v) is 7.22. The van der Waals surface area contributed by atoms with E-state index in [9.17, 15) is 9.59 Å². The maximum absolute atomic E-state index is 12.3. The first-order valence-corrected chi connectivity index (χ1v) is 10.4. The van der Waals surface area contributed by atoms with Gasteiger partial charge in [-0.3, -0.25) is 4.79 Å². The van der Waals surface area contributed by atoms with E-state index in [2.05, 4.69) is 10.2 Å². The summed E-state index contributed by atoms with van der Waals surface area (Å²) in [6, 6.07) is 12.8. The van der Waals surface area contributed by atoms with Crippen LogP contribution >= 0.6 is 11.8 Å². The second-order valence-electron chi connectivity index (χ2n) is 6.34. The number of morpholine rings is 1. The molecule has 1 aliphatic heterocycles. The van der Waals surface area contributed by atoms with Crippen LogP contribution in [0, 0.1) is 0 Å². The topological polar surface area (TPSA) is 77.1 Å². The van der Waals surface area contributed by atoms with Crippen molar-refractivity contribution in [3.63, 3.8) is 0 Å². The third-order valence-corrected chi connectivity index (χ3v) is 5.22. The Bertz CT molecular complexity index is 851. The van der Waals surface area contributed by atoms with Crippen LogP contribution in [-0.4, -0.2) is 58.2 Å². The Morgan fingerprint density at radius 2 is 1.86 bits per heavy atom. The smallest absolute Gasteiger partial charge is 0.342 e. The Morgan fingerprint density at radius 1 is 1.14 bits per heavy atom. The van der Waals surface area contributed by atoms with E-state index in [1.807, 2.05) is 30.5 Å². The molecule has 1 aliphatic rings. The Balaban J connectivity index is 1.52. The SMILES string of the molecule is COc1cc(SC)ccc1C(=O)OCC(=O)Nc1ccc(N2CCOCC2)cc1. The normalized spacial score (nSPS) is 13.7. The van der Waals surface area contributed by atoms with Crippen LogP contribution in [0.4, 0.5) is 11.4 Å². The van der Waals surface area contributed by atoms with E-state index in [0.29, 0.717) is 24.7 Å². The monoisotopic (exact) mass is 416 g/mol. The van der Waals surface area contributed by atoms with Gasteiger partial charge in [-0.05, 0) is 48.7 Å². The molecule has 0 bridgehead atoms. The molecule has 0 atom stereocenters. The number of carbonyl (C=O) groups excluding carboxylic acids is 2. The number of anilines is 2. The van der Waals surface area contributed by atoms with Gasteiger partial charge in [-0.15, -0.1) is 11.8 Å². The third-order valence-electron chi connectivity index (χ3n) is 4.49. The van der Waals surface area contributed by atoms with Crippen LogP contribution in [0.2, 0.25) is 0 Å². The van der Waals surface area contributed by atoms with Crippen molar-refractivity contribution in [2.75, 3.05) is 56.5 Å². The lowest BCUT2D eigenvalue weighted by Crippen LogP contribution is -2.36. The van der Waals surface area contributed by atoms with Gasteiger partial charge in [0.2, 0.25) is 0 Å². The number of ether oxygens (including phenoxy) is 3. The first-order valence-electron chi connectivity index (χ1n) is 9.22.